The van der Waals surface area contributed by atoms with Crippen LogP contribution in [0.3, 0.4) is 0 Å². The van der Waals surface area contributed by atoms with Gasteiger partial charge in [-0.25, -0.2) is 4.99 Å². The molecule has 2 aromatic carbocycles. The number of thioether (sulfide) groups is 2. The van der Waals surface area contributed by atoms with E-state index in [1.165, 1.54) is 16.7 Å². The van der Waals surface area contributed by atoms with Crippen molar-refractivity contribution in [2.75, 3.05) is 6.26 Å². The van der Waals surface area contributed by atoms with Crippen LogP contribution in [-0.2, 0) is 4.79 Å². The number of aliphatic imine (C=N–C) groups is 1. The molecule has 0 bridgehead atoms. The largest absolute Gasteiger partial charge is 0.300 e. The number of nitrogens with one attached hydrogen (secondary N) is 1. The molecule has 2 aromatic rings. The molecule has 0 aliphatic carbocycles. The van der Waals surface area contributed by atoms with Crippen LogP contribution >= 0.6 is 39.5 Å². The summed E-state index contributed by atoms with van der Waals surface area (Å²) in [5.74, 6) is -0.111. The Morgan fingerprint density at radius 2 is 1.83 bits per heavy atom. The van der Waals surface area contributed by atoms with Crippen molar-refractivity contribution in [1.29, 1.82) is 0 Å². The highest BCUT2D eigenvalue weighted by Gasteiger charge is 2.23. The summed E-state index contributed by atoms with van der Waals surface area (Å²) >= 11 is 6.44. The fourth-order valence-corrected chi connectivity index (χ4v) is 3.48. The maximum atomic E-state index is 12.1. The lowest BCUT2D eigenvalue weighted by Crippen LogP contribution is -2.19. The number of hydrogen-bond acceptors (Lipinski definition) is 4. The van der Waals surface area contributed by atoms with Crippen molar-refractivity contribution in [3.05, 3.63) is 63.5 Å². The molecule has 0 atom stereocenters. The van der Waals surface area contributed by atoms with Gasteiger partial charge in [0.05, 0.1) is 10.6 Å². The number of amides is 1. The summed E-state index contributed by atoms with van der Waals surface area (Å²) in [6.07, 6.45) is 3.92. The van der Waals surface area contributed by atoms with Crippen LogP contribution < -0.4 is 5.32 Å². The van der Waals surface area contributed by atoms with Crippen LogP contribution in [0.15, 0.2) is 67.8 Å². The molecule has 1 N–H and O–H groups in total. The lowest BCUT2D eigenvalue weighted by Gasteiger charge is -1.98. The first-order chi connectivity index (χ1) is 11.1. The molecule has 1 fully saturated rings. The van der Waals surface area contributed by atoms with Crippen molar-refractivity contribution in [1.82, 2.24) is 5.32 Å². The topological polar surface area (TPSA) is 41.5 Å². The fourth-order valence-electron chi connectivity index (χ4n) is 1.96. The van der Waals surface area contributed by atoms with Gasteiger partial charge >= 0.3 is 0 Å². The van der Waals surface area contributed by atoms with Crippen molar-refractivity contribution in [3.8, 4) is 0 Å². The highest BCUT2D eigenvalue weighted by Crippen LogP contribution is 2.28. The lowest BCUT2D eigenvalue weighted by atomic mass is 10.2. The summed E-state index contributed by atoms with van der Waals surface area (Å²) in [5.41, 5.74) is 1.81. The Morgan fingerprint density at radius 3 is 2.48 bits per heavy atom. The van der Waals surface area contributed by atoms with E-state index in [4.69, 9.17) is 0 Å². The van der Waals surface area contributed by atoms with E-state index in [0.29, 0.717) is 10.1 Å². The van der Waals surface area contributed by atoms with Gasteiger partial charge in [-0.15, -0.1) is 11.8 Å². The zero-order chi connectivity index (χ0) is 16.2. The third-order valence-electron chi connectivity index (χ3n) is 3.12. The number of hydrogen-bond donors (Lipinski definition) is 1. The molecule has 0 saturated carbocycles. The Morgan fingerprint density at radius 1 is 1.13 bits per heavy atom. The summed E-state index contributed by atoms with van der Waals surface area (Å²) in [6, 6.07) is 15.7. The maximum absolute atomic E-state index is 12.1. The molecule has 0 spiro atoms. The third-order valence-corrected chi connectivity index (χ3v) is 5.30. The predicted molar refractivity (Wildman–Crippen MR) is 103 cm³/mol. The highest BCUT2D eigenvalue weighted by molar-refractivity contribution is 9.10. The second-order valence-electron chi connectivity index (χ2n) is 4.73. The summed E-state index contributed by atoms with van der Waals surface area (Å²) in [6.45, 7) is 0. The minimum Gasteiger partial charge on any atom is -0.300 e. The SMILES string of the molecule is CSc1ccc(/C=C2\SC(=Nc3ccc(Br)cc3)NC2=O)cc1. The van der Waals surface area contributed by atoms with Crippen molar-refractivity contribution in [2.24, 2.45) is 4.99 Å². The van der Waals surface area contributed by atoms with Gasteiger partial charge < -0.3 is 5.32 Å². The van der Waals surface area contributed by atoms with Crippen LogP contribution in [0.2, 0.25) is 0 Å². The number of halogens is 1. The predicted octanol–water partition coefficient (Wildman–Crippen LogP) is 5.06. The number of nitrogens with zero attached hydrogens (tertiary/aromatic N) is 1. The van der Waals surface area contributed by atoms with Gasteiger partial charge in [0.1, 0.15) is 0 Å². The van der Waals surface area contributed by atoms with E-state index < -0.39 is 0 Å². The van der Waals surface area contributed by atoms with Gasteiger partial charge in [0.15, 0.2) is 5.17 Å². The van der Waals surface area contributed by atoms with Crippen LogP contribution in [0.5, 0.6) is 0 Å². The molecule has 1 aliphatic rings. The first kappa shape index (κ1) is 16.4. The van der Waals surface area contributed by atoms with Crippen LogP contribution in [0.25, 0.3) is 6.08 Å². The van der Waals surface area contributed by atoms with E-state index in [9.17, 15) is 4.79 Å². The molecule has 0 aromatic heterocycles. The quantitative estimate of drug-likeness (QED) is 0.573. The standard InChI is InChI=1S/C17H13BrN2OS2/c1-22-14-8-2-11(3-9-14)10-15-16(21)20-17(23-15)19-13-6-4-12(18)5-7-13/h2-10H,1H3,(H,19,20,21)/b15-10-. The lowest BCUT2D eigenvalue weighted by molar-refractivity contribution is -0.115. The smallest absolute Gasteiger partial charge is 0.264 e. The van der Waals surface area contributed by atoms with Crippen LogP contribution in [0.1, 0.15) is 5.56 Å². The maximum Gasteiger partial charge on any atom is 0.264 e. The second kappa shape index (κ2) is 7.38. The van der Waals surface area contributed by atoms with Gasteiger partial charge in [-0.2, -0.15) is 0 Å². The number of carbonyl (C=O) groups excluding carboxylic acids is 1. The zero-order valence-corrected chi connectivity index (χ0v) is 15.5. The van der Waals surface area contributed by atoms with Gasteiger partial charge in [-0.3, -0.25) is 4.79 Å². The van der Waals surface area contributed by atoms with Gasteiger partial charge in [-0.05, 0) is 66.1 Å². The second-order valence-corrected chi connectivity index (χ2v) is 7.56. The first-order valence-electron chi connectivity index (χ1n) is 6.83. The molecule has 1 amide bonds. The van der Waals surface area contributed by atoms with E-state index in [1.807, 2.05) is 60.9 Å². The Labute approximate surface area is 151 Å². The number of amidine groups is 1. The first-order valence-corrected chi connectivity index (χ1v) is 9.67. The molecule has 1 heterocycles. The van der Waals surface area contributed by atoms with Crippen LogP contribution in [-0.4, -0.2) is 17.3 Å². The number of benzene rings is 2. The summed E-state index contributed by atoms with van der Waals surface area (Å²) in [7, 11) is 0. The molecule has 0 radical (unpaired) electrons. The number of carbonyl (C=O) groups is 1. The van der Waals surface area contributed by atoms with Gasteiger partial charge in [0, 0.05) is 9.37 Å². The average molecular weight is 405 g/mol. The molecular formula is C17H13BrN2OS2. The zero-order valence-electron chi connectivity index (χ0n) is 12.2. The van der Waals surface area contributed by atoms with E-state index in [2.05, 4.69) is 26.2 Å². The minimum atomic E-state index is -0.111. The van der Waals surface area contributed by atoms with Gasteiger partial charge in [0.25, 0.3) is 5.91 Å². The van der Waals surface area contributed by atoms with E-state index in [1.54, 1.807) is 11.8 Å². The summed E-state index contributed by atoms with van der Waals surface area (Å²) in [4.78, 5) is 18.4. The van der Waals surface area contributed by atoms with Gasteiger partial charge in [0.2, 0.25) is 0 Å². The molecular weight excluding hydrogens is 392 g/mol. The molecule has 6 heteroatoms. The average Bonchev–Trinajstić information content (AvgIpc) is 2.90. The van der Waals surface area contributed by atoms with Crippen LogP contribution in [0, 0.1) is 0 Å². The molecule has 1 saturated heterocycles. The molecule has 3 rings (SSSR count). The minimum absolute atomic E-state index is 0.111. The Balaban J connectivity index is 1.78. The van der Waals surface area contributed by atoms with Gasteiger partial charge in [-0.1, -0.05) is 28.1 Å². The normalized spacial score (nSPS) is 17.7. The molecule has 0 unspecified atom stereocenters. The fraction of sp³-hybridized carbons (Fsp3) is 0.0588. The Kier molecular flexibility index (Phi) is 5.25. The molecule has 1 aliphatic heterocycles. The van der Waals surface area contributed by atoms with Crippen molar-refractivity contribution >= 4 is 62.3 Å². The molecule has 3 nitrogen and oxygen atoms in total. The molecule has 116 valence electrons. The van der Waals surface area contributed by atoms with Crippen molar-refractivity contribution < 1.29 is 4.79 Å². The van der Waals surface area contributed by atoms with E-state index in [0.717, 1.165) is 15.7 Å². The van der Waals surface area contributed by atoms with E-state index >= 15 is 0 Å². The third kappa shape index (κ3) is 4.28. The summed E-state index contributed by atoms with van der Waals surface area (Å²) < 4.78 is 0.999. The highest BCUT2D eigenvalue weighted by atomic mass is 79.9. The molecule has 23 heavy (non-hydrogen) atoms. The number of rotatable bonds is 3. The van der Waals surface area contributed by atoms with Crippen molar-refractivity contribution in [2.45, 2.75) is 4.90 Å². The van der Waals surface area contributed by atoms with E-state index in [-0.39, 0.29) is 5.91 Å². The Hall–Kier alpha value is -1.50. The van der Waals surface area contributed by atoms with Crippen LogP contribution in [0.4, 0.5) is 5.69 Å². The Bertz CT molecular complexity index is 783. The van der Waals surface area contributed by atoms with Crippen molar-refractivity contribution in [3.63, 3.8) is 0 Å². The summed E-state index contributed by atoms with van der Waals surface area (Å²) in [5, 5.41) is 3.40. The monoisotopic (exact) mass is 404 g/mol.